The molecule has 0 radical (unpaired) electrons. The zero-order valence-electron chi connectivity index (χ0n) is 20.3. The zero-order chi connectivity index (χ0) is 25.8. The number of halogens is 2. The van der Waals surface area contributed by atoms with Crippen LogP contribution in [0.5, 0.6) is 5.75 Å². The van der Waals surface area contributed by atoms with Crippen molar-refractivity contribution in [3.8, 4) is 5.75 Å². The molecule has 2 atom stereocenters. The molecule has 1 aromatic heterocycles. The summed E-state index contributed by atoms with van der Waals surface area (Å²) in [5.41, 5.74) is 1.49. The molecule has 2 amide bonds. The Morgan fingerprint density at radius 1 is 1.19 bits per heavy atom. The van der Waals surface area contributed by atoms with Crippen molar-refractivity contribution in [3.05, 3.63) is 86.8 Å². The summed E-state index contributed by atoms with van der Waals surface area (Å²) in [6.07, 6.45) is 2.44. The van der Waals surface area contributed by atoms with Crippen LogP contribution in [0.2, 0.25) is 5.02 Å². The Kier molecular flexibility index (Phi) is 8.08. The maximum atomic E-state index is 13.7. The van der Waals surface area contributed by atoms with E-state index in [1.165, 1.54) is 17.0 Å². The summed E-state index contributed by atoms with van der Waals surface area (Å²) in [4.78, 5) is 31.8. The Morgan fingerprint density at radius 3 is 2.78 bits per heavy atom. The van der Waals surface area contributed by atoms with Gasteiger partial charge in [-0.25, -0.2) is 4.39 Å². The van der Waals surface area contributed by atoms with Gasteiger partial charge in [0.2, 0.25) is 5.91 Å². The molecule has 3 aromatic rings. The summed E-state index contributed by atoms with van der Waals surface area (Å²) in [6.45, 7) is 1.69. The molecule has 0 bridgehead atoms. The number of fused-ring (bicyclic) bond motifs is 1. The number of benzene rings is 2. The van der Waals surface area contributed by atoms with Crippen LogP contribution in [-0.4, -0.2) is 60.6 Å². The number of thiophene rings is 1. The Morgan fingerprint density at radius 2 is 2.03 bits per heavy atom. The molecule has 0 saturated carbocycles. The first-order chi connectivity index (χ1) is 18.0. The number of ether oxygens (including phenoxy) is 2. The Balaban J connectivity index is 1.35. The van der Waals surface area contributed by atoms with Crippen LogP contribution in [0.25, 0.3) is 0 Å². The summed E-state index contributed by atoms with van der Waals surface area (Å²) < 4.78 is 25.1. The average molecular weight is 543 g/mol. The molecule has 9 heteroatoms. The number of hydrogen-bond donors (Lipinski definition) is 0. The van der Waals surface area contributed by atoms with Crippen LogP contribution >= 0.6 is 22.9 Å². The van der Waals surface area contributed by atoms with Crippen molar-refractivity contribution >= 4 is 34.8 Å². The van der Waals surface area contributed by atoms with Gasteiger partial charge in [-0.1, -0.05) is 17.7 Å². The van der Waals surface area contributed by atoms with Crippen molar-refractivity contribution in [2.45, 2.75) is 31.4 Å². The maximum Gasteiger partial charge on any atom is 0.254 e. The van der Waals surface area contributed by atoms with Crippen LogP contribution in [-0.2, 0) is 16.0 Å². The van der Waals surface area contributed by atoms with E-state index in [1.807, 2.05) is 11.4 Å². The monoisotopic (exact) mass is 542 g/mol. The van der Waals surface area contributed by atoms with Crippen molar-refractivity contribution in [2.75, 3.05) is 32.8 Å². The third-order valence-corrected chi connectivity index (χ3v) is 8.00. The molecular formula is C28H28ClFN2O4S. The molecule has 37 heavy (non-hydrogen) atoms. The molecule has 5 rings (SSSR count). The van der Waals surface area contributed by atoms with Gasteiger partial charge in [-0.05, 0) is 78.7 Å². The molecule has 0 aliphatic carbocycles. The van der Waals surface area contributed by atoms with Crippen LogP contribution < -0.4 is 4.74 Å². The van der Waals surface area contributed by atoms with Crippen LogP contribution in [0.3, 0.4) is 0 Å². The number of hydrogen-bond acceptors (Lipinski definition) is 5. The standard InChI is InChI=1S/C28H28ClFN2O4S/c29-20-4-1-3-19(15-20)28(34)31(16-23-5-2-13-35-23)17-27(33)32-12-10-26-24(11-14-37-26)25(32)18-36-22-8-6-21(30)7-9-22/h1,3-4,6-9,11,14-15,23,25H,2,5,10,12-13,16-18H2/t23-,25+/m1/s1. The number of carbonyl (C=O) groups is 2. The van der Waals surface area contributed by atoms with Crippen molar-refractivity contribution < 1.29 is 23.5 Å². The molecule has 0 N–H and O–H groups in total. The second kappa shape index (κ2) is 11.6. The lowest BCUT2D eigenvalue weighted by atomic mass is 10.00. The van der Waals surface area contributed by atoms with Gasteiger partial charge in [-0.3, -0.25) is 9.59 Å². The predicted octanol–water partition coefficient (Wildman–Crippen LogP) is 5.37. The van der Waals surface area contributed by atoms with Gasteiger partial charge < -0.3 is 19.3 Å². The van der Waals surface area contributed by atoms with Gasteiger partial charge in [-0.2, -0.15) is 0 Å². The highest BCUT2D eigenvalue weighted by Crippen LogP contribution is 2.34. The van der Waals surface area contributed by atoms with Gasteiger partial charge in [0.1, 0.15) is 24.7 Å². The van der Waals surface area contributed by atoms with Gasteiger partial charge in [-0.15, -0.1) is 11.3 Å². The summed E-state index contributed by atoms with van der Waals surface area (Å²) in [6, 6.07) is 14.3. The van der Waals surface area contributed by atoms with E-state index in [0.717, 1.165) is 24.8 Å². The number of rotatable bonds is 8. The Labute approximate surface area is 224 Å². The fourth-order valence-corrected chi connectivity index (χ4v) is 6.01. The minimum absolute atomic E-state index is 0.0717. The van der Waals surface area contributed by atoms with Crippen LogP contribution in [0.15, 0.2) is 60.0 Å². The van der Waals surface area contributed by atoms with E-state index in [0.29, 0.717) is 36.0 Å². The van der Waals surface area contributed by atoms with E-state index < -0.39 is 0 Å². The molecule has 1 saturated heterocycles. The maximum absolute atomic E-state index is 13.7. The van der Waals surface area contributed by atoms with Crippen LogP contribution in [0.4, 0.5) is 4.39 Å². The molecule has 6 nitrogen and oxygen atoms in total. The van der Waals surface area contributed by atoms with E-state index >= 15 is 0 Å². The molecule has 1 fully saturated rings. The highest BCUT2D eigenvalue weighted by molar-refractivity contribution is 7.10. The second-order valence-corrected chi connectivity index (χ2v) is 10.7. The van der Waals surface area contributed by atoms with Gasteiger partial charge in [0.25, 0.3) is 5.91 Å². The van der Waals surface area contributed by atoms with Gasteiger partial charge >= 0.3 is 0 Å². The average Bonchev–Trinajstić information content (AvgIpc) is 3.59. The molecule has 0 unspecified atom stereocenters. The minimum Gasteiger partial charge on any atom is -0.491 e. The second-order valence-electron chi connectivity index (χ2n) is 9.25. The molecule has 0 spiro atoms. The van der Waals surface area contributed by atoms with E-state index in [1.54, 1.807) is 57.5 Å². The summed E-state index contributed by atoms with van der Waals surface area (Å²) in [5.74, 6) is -0.207. The lowest BCUT2D eigenvalue weighted by Gasteiger charge is -2.37. The number of amides is 2. The SMILES string of the molecule is O=C(c1cccc(Cl)c1)N(CC(=O)N1CCc2sccc2[C@@H]1COc1ccc(F)cc1)C[C@H]1CCCO1. The summed E-state index contributed by atoms with van der Waals surface area (Å²) in [7, 11) is 0. The lowest BCUT2D eigenvalue weighted by molar-refractivity contribution is -0.135. The topological polar surface area (TPSA) is 59.1 Å². The summed E-state index contributed by atoms with van der Waals surface area (Å²) >= 11 is 7.81. The number of nitrogens with zero attached hydrogens (tertiary/aromatic N) is 2. The first-order valence-corrected chi connectivity index (χ1v) is 13.6. The predicted molar refractivity (Wildman–Crippen MR) is 141 cm³/mol. The van der Waals surface area contributed by atoms with Crippen LogP contribution in [0.1, 0.15) is 39.7 Å². The van der Waals surface area contributed by atoms with E-state index in [4.69, 9.17) is 21.1 Å². The fraction of sp³-hybridized carbons (Fsp3) is 0.357. The normalized spacial score (nSPS) is 18.9. The zero-order valence-corrected chi connectivity index (χ0v) is 21.8. The van der Waals surface area contributed by atoms with E-state index in [9.17, 15) is 14.0 Å². The van der Waals surface area contributed by atoms with E-state index in [-0.39, 0.29) is 42.9 Å². The smallest absolute Gasteiger partial charge is 0.254 e. The van der Waals surface area contributed by atoms with Crippen molar-refractivity contribution in [3.63, 3.8) is 0 Å². The first kappa shape index (κ1) is 25.7. The van der Waals surface area contributed by atoms with Crippen molar-refractivity contribution in [1.29, 1.82) is 0 Å². The van der Waals surface area contributed by atoms with Gasteiger partial charge in [0, 0.05) is 35.2 Å². The Hall–Kier alpha value is -2.94. The highest BCUT2D eigenvalue weighted by atomic mass is 35.5. The quantitative estimate of drug-likeness (QED) is 0.384. The van der Waals surface area contributed by atoms with Gasteiger partial charge in [0.05, 0.1) is 12.1 Å². The highest BCUT2D eigenvalue weighted by Gasteiger charge is 2.34. The molecule has 194 valence electrons. The minimum atomic E-state index is -0.336. The molecule has 2 aromatic carbocycles. The van der Waals surface area contributed by atoms with Crippen LogP contribution in [0, 0.1) is 5.82 Å². The summed E-state index contributed by atoms with van der Waals surface area (Å²) in [5, 5.41) is 2.49. The number of carbonyl (C=O) groups excluding carboxylic acids is 2. The third-order valence-electron chi connectivity index (χ3n) is 6.77. The Bertz CT molecular complexity index is 1240. The molecule has 2 aliphatic rings. The third kappa shape index (κ3) is 6.14. The first-order valence-electron chi connectivity index (χ1n) is 12.4. The fourth-order valence-electron chi connectivity index (χ4n) is 4.89. The van der Waals surface area contributed by atoms with Crippen molar-refractivity contribution in [2.24, 2.45) is 0 Å². The lowest BCUT2D eigenvalue weighted by Crippen LogP contribution is -2.49. The van der Waals surface area contributed by atoms with Gasteiger partial charge in [0.15, 0.2) is 0 Å². The van der Waals surface area contributed by atoms with E-state index in [2.05, 4.69) is 0 Å². The largest absolute Gasteiger partial charge is 0.491 e. The molecule has 2 aliphatic heterocycles. The molecule has 3 heterocycles. The van der Waals surface area contributed by atoms with Crippen molar-refractivity contribution in [1.82, 2.24) is 9.80 Å². The molecular weight excluding hydrogens is 515 g/mol.